The molecule has 0 aliphatic carbocycles. The number of hydrogen-bond acceptors (Lipinski definition) is 5. The molecule has 1 aliphatic rings. The van der Waals surface area contributed by atoms with E-state index < -0.39 is 17.5 Å². The minimum atomic E-state index is -1.25. The molecule has 0 bridgehead atoms. The molecule has 2 heterocycles. The fourth-order valence-electron chi connectivity index (χ4n) is 1.64. The van der Waals surface area contributed by atoms with E-state index in [2.05, 4.69) is 15.8 Å². The maximum absolute atomic E-state index is 11.6. The van der Waals surface area contributed by atoms with Gasteiger partial charge in [0.1, 0.15) is 6.26 Å². The summed E-state index contributed by atoms with van der Waals surface area (Å²) in [6.45, 7) is 1.63. The average Bonchev–Trinajstić information content (AvgIpc) is 2.71. The fraction of sp³-hybridized carbons (Fsp3) is 0.375. The van der Waals surface area contributed by atoms with Crippen molar-refractivity contribution in [1.29, 1.82) is 0 Å². The molecular weight excluding hydrogens is 200 g/mol. The number of urea groups is 1. The van der Waals surface area contributed by atoms with Gasteiger partial charge in [0.05, 0.1) is 11.3 Å². The highest BCUT2D eigenvalue weighted by molar-refractivity contribution is 6.07. The van der Waals surface area contributed by atoms with E-state index in [1.54, 1.807) is 6.92 Å². The maximum Gasteiger partial charge on any atom is 0.322 e. The van der Waals surface area contributed by atoms with Crippen molar-refractivity contribution >= 4 is 11.9 Å². The van der Waals surface area contributed by atoms with Crippen LogP contribution in [0.2, 0.25) is 0 Å². The summed E-state index contributed by atoms with van der Waals surface area (Å²) in [5.41, 5.74) is 5.29. The van der Waals surface area contributed by atoms with Gasteiger partial charge < -0.3 is 15.6 Å². The maximum atomic E-state index is 11.6. The summed E-state index contributed by atoms with van der Waals surface area (Å²) >= 11 is 0. The van der Waals surface area contributed by atoms with Crippen LogP contribution in [-0.2, 0) is 10.3 Å². The summed E-state index contributed by atoms with van der Waals surface area (Å²) in [4.78, 5) is 22.7. The Morgan fingerprint density at radius 1 is 1.60 bits per heavy atom. The zero-order valence-electron chi connectivity index (χ0n) is 8.03. The lowest BCUT2D eigenvalue weighted by Gasteiger charge is -2.22. The highest BCUT2D eigenvalue weighted by atomic mass is 16.5. The number of carbonyl (C=O) groups excluding carboxylic acids is 2. The van der Waals surface area contributed by atoms with E-state index in [9.17, 15) is 9.59 Å². The van der Waals surface area contributed by atoms with Gasteiger partial charge in [-0.25, -0.2) is 4.79 Å². The zero-order chi connectivity index (χ0) is 11.1. The summed E-state index contributed by atoms with van der Waals surface area (Å²) < 4.78 is 4.73. The van der Waals surface area contributed by atoms with Crippen LogP contribution < -0.4 is 16.4 Å². The molecule has 1 aromatic rings. The molecule has 0 radical (unpaired) electrons. The molecule has 0 aromatic carbocycles. The number of rotatable bonds is 2. The second-order valence-electron chi connectivity index (χ2n) is 3.33. The minimum absolute atomic E-state index is 0.0490. The van der Waals surface area contributed by atoms with E-state index in [0.717, 1.165) is 0 Å². The largest absolute Gasteiger partial charge is 0.364 e. The van der Waals surface area contributed by atoms with Crippen molar-refractivity contribution in [3.05, 3.63) is 17.5 Å². The van der Waals surface area contributed by atoms with Gasteiger partial charge >= 0.3 is 6.03 Å². The quantitative estimate of drug-likeness (QED) is 0.541. The standard InChI is InChI=1S/C8H10N4O3/c1-4-5(2-15-12-4)8(3-9)6(13)10-7(14)11-8/h2H,3,9H2,1H3,(H2,10,11,13,14)/t8-/m0/s1. The fourth-order valence-corrected chi connectivity index (χ4v) is 1.64. The van der Waals surface area contributed by atoms with Crippen LogP contribution in [0.15, 0.2) is 10.8 Å². The third-order valence-corrected chi connectivity index (χ3v) is 2.46. The van der Waals surface area contributed by atoms with Crippen LogP contribution in [0.3, 0.4) is 0 Å². The Kier molecular flexibility index (Phi) is 1.97. The summed E-state index contributed by atoms with van der Waals surface area (Å²) in [5, 5.41) is 8.27. The topological polar surface area (TPSA) is 110 Å². The Bertz CT molecular complexity index is 427. The Labute approximate surface area is 85.0 Å². The van der Waals surface area contributed by atoms with E-state index >= 15 is 0 Å². The van der Waals surface area contributed by atoms with Gasteiger partial charge in [0.2, 0.25) is 0 Å². The first-order chi connectivity index (χ1) is 7.10. The molecule has 3 amide bonds. The highest BCUT2D eigenvalue weighted by Gasteiger charge is 2.48. The van der Waals surface area contributed by atoms with Crippen molar-refractivity contribution < 1.29 is 14.1 Å². The second-order valence-corrected chi connectivity index (χ2v) is 3.33. The van der Waals surface area contributed by atoms with Crippen LogP contribution in [-0.4, -0.2) is 23.6 Å². The van der Waals surface area contributed by atoms with Crippen molar-refractivity contribution in [3.63, 3.8) is 0 Å². The van der Waals surface area contributed by atoms with Crippen molar-refractivity contribution in [1.82, 2.24) is 15.8 Å². The van der Waals surface area contributed by atoms with Gasteiger partial charge in [0, 0.05) is 6.54 Å². The number of carbonyl (C=O) groups is 2. The molecule has 7 nitrogen and oxygen atoms in total. The summed E-state index contributed by atoms with van der Waals surface area (Å²) in [6, 6.07) is -0.564. The van der Waals surface area contributed by atoms with Gasteiger partial charge in [-0.2, -0.15) is 0 Å². The molecule has 0 unspecified atom stereocenters. The van der Waals surface area contributed by atoms with Gasteiger partial charge in [0.15, 0.2) is 5.54 Å². The first-order valence-electron chi connectivity index (χ1n) is 4.35. The number of hydrogen-bond donors (Lipinski definition) is 3. The zero-order valence-corrected chi connectivity index (χ0v) is 8.03. The van der Waals surface area contributed by atoms with Crippen molar-refractivity contribution in [2.24, 2.45) is 5.73 Å². The Balaban J connectivity index is 2.51. The SMILES string of the molecule is Cc1nocc1[C@]1(CN)NC(=O)NC1=O. The average molecular weight is 210 g/mol. The molecule has 0 saturated carbocycles. The first-order valence-corrected chi connectivity index (χ1v) is 4.35. The van der Waals surface area contributed by atoms with Crippen molar-refractivity contribution in [2.45, 2.75) is 12.5 Å². The van der Waals surface area contributed by atoms with Crippen LogP contribution in [0.25, 0.3) is 0 Å². The lowest BCUT2D eigenvalue weighted by atomic mass is 9.91. The molecular formula is C8H10N4O3. The first kappa shape index (κ1) is 9.66. The summed E-state index contributed by atoms with van der Waals surface area (Å²) in [7, 11) is 0. The van der Waals surface area contributed by atoms with Crippen LogP contribution in [0.5, 0.6) is 0 Å². The molecule has 4 N–H and O–H groups in total. The van der Waals surface area contributed by atoms with E-state index in [-0.39, 0.29) is 6.54 Å². The number of imide groups is 1. The van der Waals surface area contributed by atoms with Crippen molar-refractivity contribution in [3.8, 4) is 0 Å². The number of aryl methyl sites for hydroxylation is 1. The highest BCUT2D eigenvalue weighted by Crippen LogP contribution is 2.25. The lowest BCUT2D eigenvalue weighted by molar-refractivity contribution is -0.124. The third kappa shape index (κ3) is 1.20. The van der Waals surface area contributed by atoms with Crippen LogP contribution >= 0.6 is 0 Å². The number of amides is 3. The number of nitrogens with one attached hydrogen (secondary N) is 2. The van der Waals surface area contributed by atoms with Gasteiger partial charge in [-0.1, -0.05) is 5.16 Å². The van der Waals surface area contributed by atoms with Gasteiger partial charge in [-0.3, -0.25) is 10.1 Å². The Morgan fingerprint density at radius 3 is 2.73 bits per heavy atom. The van der Waals surface area contributed by atoms with E-state index in [1.165, 1.54) is 6.26 Å². The second kappa shape index (κ2) is 3.06. The summed E-state index contributed by atoms with van der Waals surface area (Å²) in [6.07, 6.45) is 1.31. The molecule has 1 aromatic heterocycles. The number of nitrogens with zero attached hydrogens (tertiary/aromatic N) is 1. The normalized spacial score (nSPS) is 25.2. The molecule has 1 fully saturated rings. The molecule has 7 heteroatoms. The molecule has 1 saturated heterocycles. The Morgan fingerprint density at radius 2 is 2.33 bits per heavy atom. The molecule has 80 valence electrons. The molecule has 1 atom stereocenters. The minimum Gasteiger partial charge on any atom is -0.364 e. The monoisotopic (exact) mass is 210 g/mol. The van der Waals surface area contributed by atoms with E-state index in [1.807, 2.05) is 0 Å². The predicted octanol–water partition coefficient (Wildman–Crippen LogP) is -1.02. The van der Waals surface area contributed by atoms with Gasteiger partial charge in [0.25, 0.3) is 5.91 Å². The molecule has 0 spiro atoms. The van der Waals surface area contributed by atoms with E-state index in [0.29, 0.717) is 11.3 Å². The smallest absolute Gasteiger partial charge is 0.322 e. The lowest BCUT2D eigenvalue weighted by Crippen LogP contribution is -2.50. The van der Waals surface area contributed by atoms with Crippen LogP contribution in [0.4, 0.5) is 4.79 Å². The van der Waals surface area contributed by atoms with E-state index in [4.69, 9.17) is 10.3 Å². The van der Waals surface area contributed by atoms with Gasteiger partial charge in [-0.15, -0.1) is 0 Å². The number of nitrogens with two attached hydrogens (primary N) is 1. The van der Waals surface area contributed by atoms with Gasteiger partial charge in [-0.05, 0) is 6.92 Å². The Hall–Kier alpha value is -1.89. The van der Waals surface area contributed by atoms with Crippen LogP contribution in [0, 0.1) is 6.92 Å². The summed E-state index contributed by atoms with van der Waals surface area (Å²) in [5.74, 6) is -0.485. The third-order valence-electron chi connectivity index (χ3n) is 2.46. The van der Waals surface area contributed by atoms with Crippen molar-refractivity contribution in [2.75, 3.05) is 6.54 Å². The molecule has 15 heavy (non-hydrogen) atoms. The van der Waals surface area contributed by atoms with Crippen LogP contribution in [0.1, 0.15) is 11.3 Å². The number of aromatic nitrogens is 1. The molecule has 1 aliphatic heterocycles. The molecule has 2 rings (SSSR count). The predicted molar refractivity (Wildman–Crippen MR) is 48.6 cm³/mol.